The summed E-state index contributed by atoms with van der Waals surface area (Å²) in [5, 5.41) is 4.05. The lowest BCUT2D eigenvalue weighted by molar-refractivity contribution is 0.332. The van der Waals surface area contributed by atoms with E-state index in [9.17, 15) is 0 Å². The lowest BCUT2D eigenvalue weighted by Crippen LogP contribution is -2.60. The van der Waals surface area contributed by atoms with Crippen LogP contribution in [0.3, 0.4) is 0 Å². The maximum atomic E-state index is 2.69. The van der Waals surface area contributed by atoms with Gasteiger partial charge in [0.2, 0.25) is 0 Å². The van der Waals surface area contributed by atoms with Gasteiger partial charge in [0, 0.05) is 57.8 Å². The van der Waals surface area contributed by atoms with Crippen molar-refractivity contribution in [1.82, 2.24) is 0 Å². The van der Waals surface area contributed by atoms with Gasteiger partial charge in [0.05, 0.1) is 11.4 Å². The standard InChI is InChI=1S/C58H61BN2S2/c1-54(2,3)34-21-24-37(25-22-34)60-45-30-36(56(7,8)9)31-46-51(45)59(53-52(60)39-32-40-41(33-49(39)63-53)58(12,13)28-27-57(40,10)11)42-29-35(55(4,5)6)23-26-43(42)61(46)44-18-16-20-48-50(44)38-17-14-15-19-47(38)62-48/h14-26,29-33H,27-28H2,1-13H3. The van der Waals surface area contributed by atoms with Crippen molar-refractivity contribution in [3.05, 3.63) is 137 Å². The summed E-state index contributed by atoms with van der Waals surface area (Å²) in [5.41, 5.74) is 17.8. The molecule has 0 fully saturated rings. The molecule has 0 N–H and O–H groups in total. The first kappa shape index (κ1) is 40.9. The second-order valence-corrected chi connectivity index (χ2v) is 25.5. The van der Waals surface area contributed by atoms with E-state index in [0.717, 1.165) is 0 Å². The molecule has 11 rings (SSSR count). The van der Waals surface area contributed by atoms with Crippen molar-refractivity contribution >= 4 is 109 Å². The van der Waals surface area contributed by atoms with Gasteiger partial charge >= 0.3 is 0 Å². The number of anilines is 6. The quantitative estimate of drug-likeness (QED) is 0.160. The Morgan fingerprint density at radius 1 is 0.492 bits per heavy atom. The van der Waals surface area contributed by atoms with Crippen LogP contribution in [-0.2, 0) is 27.1 Å². The molecule has 0 spiro atoms. The molecule has 2 aromatic heterocycles. The van der Waals surface area contributed by atoms with E-state index in [4.69, 9.17) is 0 Å². The Morgan fingerprint density at radius 3 is 1.76 bits per heavy atom. The Bertz CT molecular complexity index is 3190. The number of hydrogen-bond donors (Lipinski definition) is 0. The van der Waals surface area contributed by atoms with E-state index < -0.39 is 0 Å². The molecule has 8 aromatic rings. The number of benzene rings is 6. The average molecular weight is 861 g/mol. The first-order chi connectivity index (χ1) is 29.6. The van der Waals surface area contributed by atoms with Gasteiger partial charge in [0.1, 0.15) is 0 Å². The number of rotatable bonds is 2. The van der Waals surface area contributed by atoms with Gasteiger partial charge in [-0.1, -0.05) is 139 Å². The Hall–Kier alpha value is -4.84. The summed E-state index contributed by atoms with van der Waals surface area (Å²) >= 11 is 3.95. The predicted molar refractivity (Wildman–Crippen MR) is 280 cm³/mol. The van der Waals surface area contributed by atoms with Crippen LogP contribution in [-0.4, -0.2) is 6.71 Å². The molecule has 0 saturated carbocycles. The van der Waals surface area contributed by atoms with Gasteiger partial charge in [-0.15, -0.1) is 22.7 Å². The molecule has 5 heteroatoms. The van der Waals surface area contributed by atoms with Crippen LogP contribution in [0, 0.1) is 0 Å². The highest BCUT2D eigenvalue weighted by Crippen LogP contribution is 2.54. The molecule has 0 bridgehead atoms. The van der Waals surface area contributed by atoms with Gasteiger partial charge in [-0.25, -0.2) is 0 Å². The van der Waals surface area contributed by atoms with Gasteiger partial charge in [0.25, 0.3) is 6.71 Å². The third kappa shape index (κ3) is 6.15. The minimum atomic E-state index is -0.0996. The van der Waals surface area contributed by atoms with Gasteiger partial charge in [-0.05, 0) is 139 Å². The van der Waals surface area contributed by atoms with E-state index in [2.05, 4.69) is 209 Å². The van der Waals surface area contributed by atoms with Gasteiger partial charge in [0.15, 0.2) is 0 Å². The second-order valence-electron chi connectivity index (χ2n) is 23.3. The topological polar surface area (TPSA) is 6.48 Å². The largest absolute Gasteiger partial charge is 0.311 e. The summed E-state index contributed by atoms with van der Waals surface area (Å²) in [5.74, 6) is 0. The van der Waals surface area contributed by atoms with Crippen LogP contribution in [0.4, 0.5) is 34.1 Å². The van der Waals surface area contributed by atoms with Gasteiger partial charge < -0.3 is 9.80 Å². The van der Waals surface area contributed by atoms with E-state index in [1.54, 1.807) is 0 Å². The maximum Gasteiger partial charge on any atom is 0.264 e. The van der Waals surface area contributed by atoms with Crippen LogP contribution in [0.25, 0.3) is 30.3 Å². The molecule has 0 atom stereocenters. The fourth-order valence-corrected chi connectivity index (χ4v) is 13.5. The fraction of sp³-hybridized carbons (Fsp3) is 0.345. The summed E-state index contributed by atoms with van der Waals surface area (Å²) < 4.78 is 5.51. The summed E-state index contributed by atoms with van der Waals surface area (Å²) in [6.07, 6.45) is 2.39. The van der Waals surface area contributed by atoms with E-state index in [1.807, 2.05) is 22.7 Å². The van der Waals surface area contributed by atoms with Crippen LogP contribution < -0.4 is 25.5 Å². The Labute approximate surface area is 384 Å². The Morgan fingerprint density at radius 2 is 1.10 bits per heavy atom. The van der Waals surface area contributed by atoms with Crippen LogP contribution in [0.1, 0.15) is 131 Å². The summed E-state index contributed by atoms with van der Waals surface area (Å²) in [6, 6.07) is 43.4. The molecule has 318 valence electrons. The number of nitrogens with zero attached hydrogens (tertiary/aromatic N) is 2. The van der Waals surface area contributed by atoms with Crippen molar-refractivity contribution in [3.8, 4) is 0 Å². The third-order valence-electron chi connectivity index (χ3n) is 15.0. The Kier molecular flexibility index (Phi) is 8.68. The highest BCUT2D eigenvalue weighted by atomic mass is 32.1. The highest BCUT2D eigenvalue weighted by Gasteiger charge is 2.47. The average Bonchev–Trinajstić information content (AvgIpc) is 3.79. The van der Waals surface area contributed by atoms with E-state index >= 15 is 0 Å². The van der Waals surface area contributed by atoms with Crippen LogP contribution >= 0.6 is 22.7 Å². The zero-order valence-electron chi connectivity index (χ0n) is 39.6. The number of fused-ring (bicyclic) bond motifs is 10. The number of hydrogen-bond acceptors (Lipinski definition) is 4. The molecular formula is C58H61BN2S2. The maximum absolute atomic E-state index is 2.69. The lowest BCUT2D eigenvalue weighted by atomic mass is 9.36. The highest BCUT2D eigenvalue weighted by molar-refractivity contribution is 7.33. The predicted octanol–water partition coefficient (Wildman–Crippen LogP) is 15.6. The first-order valence-electron chi connectivity index (χ1n) is 23.2. The molecule has 0 radical (unpaired) electrons. The van der Waals surface area contributed by atoms with E-state index in [-0.39, 0.29) is 33.8 Å². The molecule has 1 aliphatic carbocycles. The van der Waals surface area contributed by atoms with Gasteiger partial charge in [-0.3, -0.25) is 0 Å². The van der Waals surface area contributed by atoms with Crippen molar-refractivity contribution in [2.45, 2.75) is 130 Å². The SMILES string of the molecule is CC(C)(C)c1ccc(N2c3cc(C(C)(C)C)cc4c3B(c3cc(C(C)(C)C)ccc3N4c3cccc4sc5ccccc5c34)c3sc4cc5c(cc4c32)C(C)(C)CCC5(C)C)cc1. The summed E-state index contributed by atoms with van der Waals surface area (Å²) in [6.45, 7) is 31.2. The van der Waals surface area contributed by atoms with Crippen LogP contribution in [0.5, 0.6) is 0 Å². The van der Waals surface area contributed by atoms with Crippen molar-refractivity contribution in [2.24, 2.45) is 0 Å². The fourth-order valence-electron chi connectivity index (χ4n) is 11.0. The Balaban J connectivity index is 1.30. The lowest BCUT2D eigenvalue weighted by Gasteiger charge is -2.45. The third-order valence-corrected chi connectivity index (χ3v) is 17.3. The minimum absolute atomic E-state index is 0.0165. The molecule has 0 saturated heterocycles. The molecule has 6 aromatic carbocycles. The molecule has 0 unspecified atom stereocenters. The normalized spacial score (nSPS) is 16.7. The van der Waals surface area contributed by atoms with Crippen molar-refractivity contribution in [2.75, 3.05) is 9.80 Å². The van der Waals surface area contributed by atoms with Crippen molar-refractivity contribution in [3.63, 3.8) is 0 Å². The minimum Gasteiger partial charge on any atom is -0.311 e. The second kappa shape index (κ2) is 13.4. The molecule has 63 heavy (non-hydrogen) atoms. The molecule has 2 aliphatic heterocycles. The molecule has 0 amide bonds. The van der Waals surface area contributed by atoms with Gasteiger partial charge in [-0.2, -0.15) is 0 Å². The summed E-state index contributed by atoms with van der Waals surface area (Å²) in [4.78, 5) is 5.35. The zero-order chi connectivity index (χ0) is 44.3. The molecule has 4 heterocycles. The number of thiophene rings is 2. The molecular weight excluding hydrogens is 800 g/mol. The monoisotopic (exact) mass is 860 g/mol. The van der Waals surface area contributed by atoms with Crippen LogP contribution in [0.15, 0.2) is 109 Å². The molecule has 3 aliphatic rings. The summed E-state index contributed by atoms with van der Waals surface area (Å²) in [7, 11) is 0. The molecule has 2 nitrogen and oxygen atoms in total. The van der Waals surface area contributed by atoms with Crippen LogP contribution in [0.2, 0.25) is 0 Å². The van der Waals surface area contributed by atoms with Crippen molar-refractivity contribution < 1.29 is 0 Å². The first-order valence-corrected chi connectivity index (χ1v) is 24.8. The van der Waals surface area contributed by atoms with E-state index in [1.165, 1.54) is 121 Å². The van der Waals surface area contributed by atoms with E-state index in [0.29, 0.717) is 0 Å². The zero-order valence-corrected chi connectivity index (χ0v) is 41.2. The van der Waals surface area contributed by atoms with Crippen molar-refractivity contribution in [1.29, 1.82) is 0 Å². The smallest absolute Gasteiger partial charge is 0.264 e.